The van der Waals surface area contributed by atoms with Gasteiger partial charge in [-0.2, -0.15) is 0 Å². The molecular formula is C20H20N2O6. The topological polar surface area (TPSA) is 91.0 Å². The smallest absolute Gasteiger partial charge is 0.253 e. The van der Waals surface area contributed by atoms with Crippen molar-refractivity contribution >= 4 is 16.8 Å². The van der Waals surface area contributed by atoms with Crippen LogP contribution in [-0.2, 0) is 6.54 Å². The Kier molecular flexibility index (Phi) is 4.60. The molecule has 0 saturated carbocycles. The second-order valence-electron chi connectivity index (χ2n) is 6.14. The lowest BCUT2D eigenvalue weighted by Crippen LogP contribution is -2.22. The molecule has 0 atom stereocenters. The number of aromatic nitrogens is 1. The molecule has 0 bridgehead atoms. The van der Waals surface area contributed by atoms with Crippen LogP contribution in [0.2, 0.25) is 0 Å². The average molecular weight is 384 g/mol. The van der Waals surface area contributed by atoms with E-state index in [4.69, 9.17) is 23.7 Å². The Balaban J connectivity index is 1.62. The van der Waals surface area contributed by atoms with Crippen molar-refractivity contribution in [2.24, 2.45) is 0 Å². The predicted octanol–water partition coefficient (Wildman–Crippen LogP) is 2.85. The predicted molar refractivity (Wildman–Crippen MR) is 102 cm³/mol. The van der Waals surface area contributed by atoms with Crippen LogP contribution in [0.4, 0.5) is 0 Å². The highest BCUT2D eigenvalue weighted by Crippen LogP contribution is 2.44. The highest BCUT2D eigenvalue weighted by atomic mass is 16.7. The molecule has 2 heterocycles. The lowest BCUT2D eigenvalue weighted by Gasteiger charge is -2.14. The summed E-state index contributed by atoms with van der Waals surface area (Å²) in [7, 11) is 4.60. The number of aromatic amines is 1. The van der Waals surface area contributed by atoms with Crippen molar-refractivity contribution in [2.75, 3.05) is 28.1 Å². The zero-order chi connectivity index (χ0) is 19.7. The molecule has 0 fully saturated rings. The highest BCUT2D eigenvalue weighted by molar-refractivity contribution is 6.10. The van der Waals surface area contributed by atoms with Gasteiger partial charge < -0.3 is 34.0 Å². The van der Waals surface area contributed by atoms with E-state index >= 15 is 0 Å². The second-order valence-corrected chi connectivity index (χ2v) is 6.14. The number of rotatable bonds is 6. The molecule has 3 aromatic rings. The van der Waals surface area contributed by atoms with Gasteiger partial charge in [0.2, 0.25) is 12.5 Å². The van der Waals surface area contributed by atoms with Gasteiger partial charge in [0.15, 0.2) is 23.0 Å². The lowest BCUT2D eigenvalue weighted by molar-refractivity contribution is 0.0952. The number of benzene rings is 2. The molecule has 0 unspecified atom stereocenters. The van der Waals surface area contributed by atoms with E-state index in [9.17, 15) is 4.79 Å². The molecule has 8 heteroatoms. The van der Waals surface area contributed by atoms with Crippen LogP contribution in [0, 0.1) is 0 Å². The molecular weight excluding hydrogens is 364 g/mol. The van der Waals surface area contributed by atoms with E-state index in [0.29, 0.717) is 51.8 Å². The minimum atomic E-state index is -0.241. The summed E-state index contributed by atoms with van der Waals surface area (Å²) >= 11 is 0. The summed E-state index contributed by atoms with van der Waals surface area (Å²) in [6.07, 6.45) is 1.64. The van der Waals surface area contributed by atoms with Crippen molar-refractivity contribution in [1.29, 1.82) is 0 Å². The maximum absolute atomic E-state index is 12.8. The number of amides is 1. The molecule has 146 valence electrons. The van der Waals surface area contributed by atoms with E-state index in [1.54, 1.807) is 19.4 Å². The second kappa shape index (κ2) is 7.22. The molecule has 1 aliphatic heterocycles. The Labute approximate surface area is 161 Å². The van der Waals surface area contributed by atoms with Crippen molar-refractivity contribution in [3.05, 3.63) is 41.6 Å². The van der Waals surface area contributed by atoms with Crippen molar-refractivity contribution in [3.8, 4) is 28.7 Å². The first-order valence-electron chi connectivity index (χ1n) is 8.63. The largest absolute Gasteiger partial charge is 0.493 e. The zero-order valence-corrected chi connectivity index (χ0v) is 15.8. The van der Waals surface area contributed by atoms with Crippen LogP contribution in [0.3, 0.4) is 0 Å². The van der Waals surface area contributed by atoms with Crippen LogP contribution in [0.1, 0.15) is 15.9 Å². The summed E-state index contributed by atoms with van der Waals surface area (Å²) in [4.78, 5) is 15.9. The van der Waals surface area contributed by atoms with Crippen LogP contribution in [0.25, 0.3) is 10.9 Å². The first-order chi connectivity index (χ1) is 13.7. The summed E-state index contributed by atoms with van der Waals surface area (Å²) in [5.74, 6) is 2.53. The van der Waals surface area contributed by atoms with Crippen LogP contribution >= 0.6 is 0 Å². The number of nitrogens with one attached hydrogen (secondary N) is 2. The summed E-state index contributed by atoms with van der Waals surface area (Å²) in [6.45, 7) is 0.559. The van der Waals surface area contributed by atoms with Gasteiger partial charge in [-0.05, 0) is 17.7 Å². The van der Waals surface area contributed by atoms with E-state index < -0.39 is 0 Å². The lowest BCUT2D eigenvalue weighted by atomic mass is 10.1. The Morgan fingerprint density at radius 3 is 2.61 bits per heavy atom. The first-order valence-corrected chi connectivity index (χ1v) is 8.63. The van der Waals surface area contributed by atoms with Gasteiger partial charge in [-0.3, -0.25) is 4.79 Å². The molecule has 4 rings (SSSR count). The van der Waals surface area contributed by atoms with Crippen molar-refractivity contribution in [2.45, 2.75) is 6.54 Å². The SMILES string of the molecule is COc1cc2[nH]cc(C(=O)NCc3ccc4c(c3)OCO4)c2c(OC)c1OC. The number of hydrogen-bond acceptors (Lipinski definition) is 6. The molecule has 1 aliphatic rings. The molecule has 0 radical (unpaired) electrons. The number of fused-ring (bicyclic) bond motifs is 2. The number of hydrogen-bond donors (Lipinski definition) is 2. The summed E-state index contributed by atoms with van der Waals surface area (Å²) in [5.41, 5.74) is 2.07. The standard InChI is InChI=1S/C20H20N2O6/c1-24-16-7-13-17(19(26-3)18(16)25-2)12(9-21-13)20(23)22-8-11-4-5-14-15(6-11)28-10-27-14/h4-7,9,21H,8,10H2,1-3H3,(H,22,23). The first kappa shape index (κ1) is 17.8. The summed E-state index contributed by atoms with van der Waals surface area (Å²) in [6, 6.07) is 7.34. The fraction of sp³-hybridized carbons (Fsp3) is 0.250. The third-order valence-electron chi connectivity index (χ3n) is 4.61. The third-order valence-corrected chi connectivity index (χ3v) is 4.61. The van der Waals surface area contributed by atoms with Gasteiger partial charge >= 0.3 is 0 Å². The van der Waals surface area contributed by atoms with Gasteiger partial charge in [-0.25, -0.2) is 0 Å². The van der Waals surface area contributed by atoms with Crippen LogP contribution in [0.15, 0.2) is 30.5 Å². The van der Waals surface area contributed by atoms with E-state index in [1.807, 2.05) is 18.2 Å². The van der Waals surface area contributed by atoms with Crippen molar-refractivity contribution in [1.82, 2.24) is 10.3 Å². The maximum atomic E-state index is 12.8. The molecule has 0 aliphatic carbocycles. The van der Waals surface area contributed by atoms with Crippen LogP contribution in [0.5, 0.6) is 28.7 Å². The normalized spacial score (nSPS) is 12.1. The number of methoxy groups -OCH3 is 3. The van der Waals surface area contributed by atoms with Gasteiger partial charge in [-0.15, -0.1) is 0 Å². The molecule has 2 aromatic carbocycles. The number of H-pyrrole nitrogens is 1. The molecule has 0 saturated heterocycles. The third kappa shape index (κ3) is 2.92. The van der Waals surface area contributed by atoms with E-state index in [0.717, 1.165) is 5.56 Å². The molecule has 0 spiro atoms. The van der Waals surface area contributed by atoms with Gasteiger partial charge in [0.05, 0.1) is 37.8 Å². The Hall–Kier alpha value is -3.55. The van der Waals surface area contributed by atoms with Crippen LogP contribution < -0.4 is 29.0 Å². The Morgan fingerprint density at radius 1 is 1.07 bits per heavy atom. The fourth-order valence-corrected chi connectivity index (χ4v) is 3.27. The quantitative estimate of drug-likeness (QED) is 0.679. The average Bonchev–Trinajstić information content (AvgIpc) is 3.36. The van der Waals surface area contributed by atoms with E-state index in [-0.39, 0.29) is 12.7 Å². The fourth-order valence-electron chi connectivity index (χ4n) is 3.27. The Morgan fingerprint density at radius 2 is 1.86 bits per heavy atom. The van der Waals surface area contributed by atoms with Crippen molar-refractivity contribution in [3.63, 3.8) is 0 Å². The van der Waals surface area contributed by atoms with Gasteiger partial charge in [-0.1, -0.05) is 6.07 Å². The zero-order valence-electron chi connectivity index (χ0n) is 15.8. The number of carbonyl (C=O) groups is 1. The summed E-state index contributed by atoms with van der Waals surface area (Å²) < 4.78 is 27.0. The maximum Gasteiger partial charge on any atom is 0.253 e. The Bertz CT molecular complexity index is 1040. The number of carbonyl (C=O) groups excluding carboxylic acids is 1. The summed E-state index contributed by atoms with van der Waals surface area (Å²) in [5, 5.41) is 3.55. The van der Waals surface area contributed by atoms with Crippen molar-refractivity contribution < 1.29 is 28.5 Å². The molecule has 28 heavy (non-hydrogen) atoms. The van der Waals surface area contributed by atoms with E-state index in [2.05, 4.69) is 10.3 Å². The minimum Gasteiger partial charge on any atom is -0.493 e. The van der Waals surface area contributed by atoms with Gasteiger partial charge in [0.1, 0.15) is 0 Å². The molecule has 1 amide bonds. The molecule has 2 N–H and O–H groups in total. The van der Waals surface area contributed by atoms with Gasteiger partial charge in [0.25, 0.3) is 5.91 Å². The van der Waals surface area contributed by atoms with E-state index in [1.165, 1.54) is 14.2 Å². The minimum absolute atomic E-state index is 0.214. The highest BCUT2D eigenvalue weighted by Gasteiger charge is 2.23. The van der Waals surface area contributed by atoms with Gasteiger partial charge in [0, 0.05) is 18.8 Å². The van der Waals surface area contributed by atoms with Crippen LogP contribution in [-0.4, -0.2) is 39.0 Å². The monoisotopic (exact) mass is 384 g/mol. The molecule has 1 aromatic heterocycles. The molecule has 8 nitrogen and oxygen atoms in total. The number of ether oxygens (including phenoxy) is 5.